The van der Waals surface area contributed by atoms with E-state index >= 15 is 0 Å². The zero-order valence-corrected chi connectivity index (χ0v) is 9.84. The predicted molar refractivity (Wildman–Crippen MR) is 63.9 cm³/mol. The predicted octanol–water partition coefficient (Wildman–Crippen LogP) is 2.73. The van der Waals surface area contributed by atoms with E-state index in [0.717, 1.165) is 17.3 Å². The zero-order chi connectivity index (χ0) is 10.4. The lowest BCUT2D eigenvalue weighted by Crippen LogP contribution is -2.21. The van der Waals surface area contributed by atoms with Crippen molar-refractivity contribution in [2.24, 2.45) is 5.73 Å². The van der Waals surface area contributed by atoms with E-state index < -0.39 is 0 Å². The maximum Gasteiger partial charge on any atom is 0.0244 e. The molecule has 0 bridgehead atoms. The normalized spacial score (nSPS) is 11.6. The Morgan fingerprint density at radius 3 is 2.57 bits per heavy atom. The summed E-state index contributed by atoms with van der Waals surface area (Å²) in [6.07, 6.45) is 1.66. The van der Waals surface area contributed by atoms with Crippen LogP contribution in [0.4, 0.5) is 0 Å². The second-order valence-corrected chi connectivity index (χ2v) is 4.14. The minimum absolute atomic E-state index is 0.142. The Labute approximate surface area is 93.8 Å². The van der Waals surface area contributed by atoms with Crippen molar-refractivity contribution in [3.8, 4) is 11.8 Å². The molecule has 0 spiro atoms. The van der Waals surface area contributed by atoms with Crippen LogP contribution in [0.2, 0.25) is 0 Å². The number of rotatable bonds is 3. The summed E-state index contributed by atoms with van der Waals surface area (Å²) in [5.41, 5.74) is 7.18. The maximum atomic E-state index is 5.92. The van der Waals surface area contributed by atoms with Crippen LogP contribution in [0.25, 0.3) is 0 Å². The number of nitrogens with two attached hydrogens (primary N) is 1. The molecule has 1 atom stereocenters. The maximum absolute atomic E-state index is 5.92. The van der Waals surface area contributed by atoms with Crippen molar-refractivity contribution >= 4 is 15.9 Å². The highest BCUT2D eigenvalue weighted by Crippen LogP contribution is 2.11. The number of benzene rings is 1. The molecule has 2 heteroatoms. The van der Waals surface area contributed by atoms with E-state index in [9.17, 15) is 0 Å². The minimum Gasteiger partial charge on any atom is -0.327 e. The van der Waals surface area contributed by atoms with Crippen LogP contribution in [-0.4, -0.2) is 6.04 Å². The van der Waals surface area contributed by atoms with Crippen LogP contribution in [0.5, 0.6) is 0 Å². The molecule has 0 saturated carbocycles. The van der Waals surface area contributed by atoms with E-state index in [1.165, 1.54) is 5.56 Å². The number of hydrogen-bond donors (Lipinski definition) is 1. The summed E-state index contributed by atoms with van der Waals surface area (Å²) in [6.45, 7) is 1.84. The third-order valence-corrected chi connectivity index (χ3v) is 2.48. The topological polar surface area (TPSA) is 26.0 Å². The van der Waals surface area contributed by atoms with E-state index in [1.54, 1.807) is 0 Å². The van der Waals surface area contributed by atoms with Gasteiger partial charge in [-0.2, -0.15) is 0 Å². The van der Waals surface area contributed by atoms with Crippen molar-refractivity contribution in [3.05, 3.63) is 34.3 Å². The first-order valence-electron chi connectivity index (χ1n) is 4.62. The SMILES string of the molecule is CC#CCC(N)Cc1ccc(Br)cc1. The fourth-order valence-corrected chi connectivity index (χ4v) is 1.49. The Morgan fingerprint density at radius 2 is 2.00 bits per heavy atom. The average Bonchev–Trinajstić information content (AvgIpc) is 2.18. The van der Waals surface area contributed by atoms with Gasteiger partial charge in [0.2, 0.25) is 0 Å². The molecule has 0 amide bonds. The summed E-state index contributed by atoms with van der Waals surface area (Å²) in [6, 6.07) is 8.39. The molecule has 1 aromatic carbocycles. The Kier molecular flexibility index (Phi) is 4.72. The van der Waals surface area contributed by atoms with Crippen molar-refractivity contribution in [3.63, 3.8) is 0 Å². The molecule has 74 valence electrons. The average molecular weight is 252 g/mol. The van der Waals surface area contributed by atoms with Gasteiger partial charge in [0.25, 0.3) is 0 Å². The van der Waals surface area contributed by atoms with Gasteiger partial charge >= 0.3 is 0 Å². The van der Waals surface area contributed by atoms with E-state index in [0.29, 0.717) is 0 Å². The van der Waals surface area contributed by atoms with Crippen LogP contribution < -0.4 is 5.73 Å². The van der Waals surface area contributed by atoms with Crippen molar-refractivity contribution in [1.29, 1.82) is 0 Å². The molecule has 0 fully saturated rings. The first-order valence-corrected chi connectivity index (χ1v) is 5.41. The van der Waals surface area contributed by atoms with Gasteiger partial charge in [-0.05, 0) is 31.0 Å². The molecule has 1 rings (SSSR count). The molecule has 2 N–H and O–H groups in total. The third-order valence-electron chi connectivity index (χ3n) is 1.95. The van der Waals surface area contributed by atoms with Gasteiger partial charge in [0.05, 0.1) is 0 Å². The van der Waals surface area contributed by atoms with Crippen molar-refractivity contribution in [1.82, 2.24) is 0 Å². The summed E-state index contributed by atoms with van der Waals surface area (Å²) < 4.78 is 1.10. The molecule has 1 unspecified atom stereocenters. The number of halogens is 1. The van der Waals surface area contributed by atoms with Gasteiger partial charge < -0.3 is 5.73 Å². The highest BCUT2D eigenvalue weighted by molar-refractivity contribution is 9.10. The zero-order valence-electron chi connectivity index (χ0n) is 8.26. The van der Waals surface area contributed by atoms with Crippen molar-refractivity contribution < 1.29 is 0 Å². The fraction of sp³-hybridized carbons (Fsp3) is 0.333. The highest BCUT2D eigenvalue weighted by atomic mass is 79.9. The molecule has 0 aliphatic heterocycles. The minimum atomic E-state index is 0.142. The summed E-state index contributed by atoms with van der Waals surface area (Å²) >= 11 is 3.40. The smallest absolute Gasteiger partial charge is 0.0244 e. The van der Waals surface area contributed by atoms with Gasteiger partial charge in [-0.3, -0.25) is 0 Å². The Bertz CT molecular complexity index is 332. The quantitative estimate of drug-likeness (QED) is 0.822. The molecule has 0 radical (unpaired) electrons. The summed E-state index contributed by atoms with van der Waals surface area (Å²) in [5.74, 6) is 5.85. The molecular weight excluding hydrogens is 238 g/mol. The molecule has 0 aliphatic carbocycles. The van der Waals surface area contributed by atoms with Crippen LogP contribution in [0, 0.1) is 11.8 Å². The standard InChI is InChI=1S/C12H14BrN/c1-2-3-4-12(14)9-10-5-7-11(13)8-6-10/h5-8,12H,4,9,14H2,1H3. The molecule has 1 aromatic rings. The number of hydrogen-bond acceptors (Lipinski definition) is 1. The van der Waals surface area contributed by atoms with E-state index in [1.807, 2.05) is 19.1 Å². The van der Waals surface area contributed by atoms with Crippen molar-refractivity contribution in [2.75, 3.05) is 0 Å². The molecule has 1 nitrogen and oxygen atoms in total. The van der Waals surface area contributed by atoms with E-state index in [4.69, 9.17) is 5.73 Å². The largest absolute Gasteiger partial charge is 0.327 e. The Morgan fingerprint density at radius 1 is 1.36 bits per heavy atom. The van der Waals surface area contributed by atoms with E-state index in [-0.39, 0.29) is 6.04 Å². The van der Waals surface area contributed by atoms with Gasteiger partial charge in [0.15, 0.2) is 0 Å². The van der Waals surface area contributed by atoms with Crippen molar-refractivity contribution in [2.45, 2.75) is 25.8 Å². The first-order chi connectivity index (χ1) is 6.72. The van der Waals surface area contributed by atoms with Gasteiger partial charge in [-0.25, -0.2) is 0 Å². The third kappa shape index (κ3) is 3.95. The molecule has 14 heavy (non-hydrogen) atoms. The van der Waals surface area contributed by atoms with Crippen LogP contribution >= 0.6 is 15.9 Å². The molecule has 0 aromatic heterocycles. The lowest BCUT2D eigenvalue weighted by atomic mass is 10.0. The van der Waals surface area contributed by atoms with Crippen LogP contribution in [0.15, 0.2) is 28.7 Å². The molecule has 0 heterocycles. The molecular formula is C12H14BrN. The summed E-state index contributed by atoms with van der Waals surface area (Å²) in [5, 5.41) is 0. The van der Waals surface area contributed by atoms with Crippen LogP contribution in [0.1, 0.15) is 18.9 Å². The first kappa shape index (κ1) is 11.3. The Hall–Kier alpha value is -0.780. The molecule has 0 saturated heterocycles. The summed E-state index contributed by atoms with van der Waals surface area (Å²) in [4.78, 5) is 0. The van der Waals surface area contributed by atoms with Crippen LogP contribution in [-0.2, 0) is 6.42 Å². The lowest BCUT2D eigenvalue weighted by Gasteiger charge is -2.07. The lowest BCUT2D eigenvalue weighted by molar-refractivity contribution is 0.689. The van der Waals surface area contributed by atoms with E-state index in [2.05, 4.69) is 39.9 Å². The monoisotopic (exact) mass is 251 g/mol. The fourth-order valence-electron chi connectivity index (χ4n) is 1.23. The molecule has 0 aliphatic rings. The Balaban J connectivity index is 2.50. The van der Waals surface area contributed by atoms with Crippen LogP contribution in [0.3, 0.4) is 0 Å². The van der Waals surface area contributed by atoms with Gasteiger partial charge in [-0.1, -0.05) is 28.1 Å². The van der Waals surface area contributed by atoms with Gasteiger partial charge in [0, 0.05) is 16.9 Å². The summed E-state index contributed by atoms with van der Waals surface area (Å²) in [7, 11) is 0. The second kappa shape index (κ2) is 5.85. The highest BCUT2D eigenvalue weighted by Gasteiger charge is 2.01. The second-order valence-electron chi connectivity index (χ2n) is 3.22. The van der Waals surface area contributed by atoms with Gasteiger partial charge in [0.1, 0.15) is 0 Å². The van der Waals surface area contributed by atoms with Gasteiger partial charge in [-0.15, -0.1) is 11.8 Å².